The van der Waals surface area contributed by atoms with Crippen LogP contribution in [0, 0.1) is 5.92 Å². The maximum atomic E-state index is 12.4. The number of piperidine rings is 1. The van der Waals surface area contributed by atoms with Gasteiger partial charge < -0.3 is 5.32 Å². The van der Waals surface area contributed by atoms with Gasteiger partial charge in [-0.15, -0.1) is 12.4 Å². The predicted octanol–water partition coefficient (Wildman–Crippen LogP) is 2.78. The molecule has 0 unspecified atom stereocenters. The number of nitrogens with zero attached hydrogens (tertiary/aromatic N) is 1. The van der Waals surface area contributed by atoms with Gasteiger partial charge in [-0.1, -0.05) is 25.0 Å². The number of nitrogens with one attached hydrogen (secondary N) is 1. The quantitative estimate of drug-likeness (QED) is 0.745. The number of benzene rings is 1. The highest BCUT2D eigenvalue weighted by Crippen LogP contribution is 2.24. The molecule has 3 rings (SSSR count). The Kier molecular flexibility index (Phi) is 7.50. The minimum atomic E-state index is -3.48. The van der Waals surface area contributed by atoms with Gasteiger partial charge in [-0.25, -0.2) is 12.7 Å². The van der Waals surface area contributed by atoms with E-state index in [2.05, 4.69) is 11.4 Å². The van der Waals surface area contributed by atoms with Gasteiger partial charge in [-0.3, -0.25) is 4.79 Å². The smallest absolute Gasteiger partial charge is 0.267 e. The second kappa shape index (κ2) is 9.20. The fourth-order valence-corrected chi connectivity index (χ4v) is 4.75. The van der Waals surface area contributed by atoms with E-state index in [0.717, 1.165) is 41.6 Å². The Morgan fingerprint density at radius 2 is 1.92 bits per heavy atom. The summed E-state index contributed by atoms with van der Waals surface area (Å²) in [5, 5.41) is 3.41. The number of amides is 1. The standard InChI is InChI=1S/C19H28N2O3S.ClH/c1-25(23,24)21-13-10-17-14-16(6-7-18(17)19(21)22)5-3-2-4-15-8-11-20-12-9-15;/h6-7,14-15,20H,2-5,8-13H2,1H3;1H. The number of hydrogen-bond donors (Lipinski definition) is 1. The molecule has 26 heavy (non-hydrogen) atoms. The summed E-state index contributed by atoms with van der Waals surface area (Å²) in [6.45, 7) is 2.58. The Balaban J connectivity index is 0.00000243. The maximum Gasteiger partial charge on any atom is 0.267 e. The fraction of sp³-hybridized carbons (Fsp3) is 0.632. The van der Waals surface area contributed by atoms with E-state index in [0.29, 0.717) is 12.0 Å². The Hall–Kier alpha value is -1.11. The molecule has 0 aliphatic carbocycles. The van der Waals surface area contributed by atoms with Gasteiger partial charge in [0.15, 0.2) is 0 Å². The van der Waals surface area contributed by atoms with Crippen LogP contribution in [0.25, 0.3) is 0 Å². The third kappa shape index (κ3) is 5.21. The first-order valence-electron chi connectivity index (χ1n) is 9.30. The van der Waals surface area contributed by atoms with E-state index in [1.54, 1.807) is 6.07 Å². The van der Waals surface area contributed by atoms with Crippen LogP contribution in [0.4, 0.5) is 0 Å². The molecule has 146 valence electrons. The topological polar surface area (TPSA) is 66.5 Å². The van der Waals surface area contributed by atoms with Crippen LogP contribution in [-0.4, -0.2) is 44.5 Å². The van der Waals surface area contributed by atoms with Crippen LogP contribution in [-0.2, 0) is 22.9 Å². The molecule has 1 aromatic carbocycles. The summed E-state index contributed by atoms with van der Waals surface area (Å²) in [4.78, 5) is 12.4. The van der Waals surface area contributed by atoms with Gasteiger partial charge >= 0.3 is 0 Å². The summed E-state index contributed by atoms with van der Waals surface area (Å²) in [6, 6.07) is 5.88. The van der Waals surface area contributed by atoms with E-state index in [-0.39, 0.29) is 24.9 Å². The van der Waals surface area contributed by atoms with Gasteiger partial charge in [0, 0.05) is 12.1 Å². The van der Waals surface area contributed by atoms with Crippen molar-refractivity contribution >= 4 is 28.3 Å². The van der Waals surface area contributed by atoms with Crippen molar-refractivity contribution in [3.8, 4) is 0 Å². The largest absolute Gasteiger partial charge is 0.317 e. The van der Waals surface area contributed by atoms with Gasteiger partial charge in [0.05, 0.1) is 6.26 Å². The number of rotatable bonds is 6. The molecule has 2 aliphatic heterocycles. The molecule has 1 aromatic rings. The highest BCUT2D eigenvalue weighted by Gasteiger charge is 2.30. The van der Waals surface area contributed by atoms with Crippen molar-refractivity contribution < 1.29 is 13.2 Å². The first kappa shape index (κ1) is 21.2. The van der Waals surface area contributed by atoms with Crippen molar-refractivity contribution in [1.82, 2.24) is 9.62 Å². The molecule has 1 N–H and O–H groups in total. The molecule has 7 heteroatoms. The molecule has 0 bridgehead atoms. The summed E-state index contributed by atoms with van der Waals surface area (Å²) in [5.74, 6) is 0.491. The average Bonchev–Trinajstić information content (AvgIpc) is 2.59. The zero-order valence-electron chi connectivity index (χ0n) is 15.4. The molecule has 1 amide bonds. The molecular formula is C19H29ClN2O3S. The van der Waals surface area contributed by atoms with Crippen molar-refractivity contribution in [1.29, 1.82) is 0 Å². The van der Waals surface area contributed by atoms with Gasteiger partial charge in [-0.2, -0.15) is 0 Å². The van der Waals surface area contributed by atoms with Gasteiger partial charge in [0.1, 0.15) is 0 Å². The third-order valence-corrected chi connectivity index (χ3v) is 6.55. The highest BCUT2D eigenvalue weighted by molar-refractivity contribution is 7.88. The Labute approximate surface area is 163 Å². The van der Waals surface area contributed by atoms with Crippen molar-refractivity contribution in [3.63, 3.8) is 0 Å². The molecule has 0 aromatic heterocycles. The van der Waals surface area contributed by atoms with Crippen LogP contribution in [0.2, 0.25) is 0 Å². The van der Waals surface area contributed by atoms with Crippen LogP contribution in [0.15, 0.2) is 18.2 Å². The molecule has 2 aliphatic rings. The molecule has 0 spiro atoms. The number of halogens is 1. The minimum absolute atomic E-state index is 0. The molecule has 0 atom stereocenters. The van der Waals surface area contributed by atoms with Crippen molar-refractivity contribution in [2.75, 3.05) is 25.9 Å². The van der Waals surface area contributed by atoms with Crippen molar-refractivity contribution in [2.24, 2.45) is 5.92 Å². The van der Waals surface area contributed by atoms with Crippen LogP contribution in [0.3, 0.4) is 0 Å². The van der Waals surface area contributed by atoms with E-state index in [9.17, 15) is 13.2 Å². The molecule has 2 heterocycles. The van der Waals surface area contributed by atoms with Gasteiger partial charge in [0.2, 0.25) is 10.0 Å². The molecular weight excluding hydrogens is 372 g/mol. The van der Waals surface area contributed by atoms with E-state index in [1.165, 1.54) is 37.7 Å². The van der Waals surface area contributed by atoms with Crippen molar-refractivity contribution in [2.45, 2.75) is 44.9 Å². The summed E-state index contributed by atoms with van der Waals surface area (Å²) >= 11 is 0. The van der Waals surface area contributed by atoms with Crippen LogP contribution >= 0.6 is 12.4 Å². The number of hydrogen-bond acceptors (Lipinski definition) is 4. The number of sulfonamides is 1. The monoisotopic (exact) mass is 400 g/mol. The lowest BCUT2D eigenvalue weighted by Crippen LogP contribution is -2.41. The highest BCUT2D eigenvalue weighted by atomic mass is 35.5. The predicted molar refractivity (Wildman–Crippen MR) is 106 cm³/mol. The van der Waals surface area contributed by atoms with Gasteiger partial charge in [-0.05, 0) is 68.3 Å². The Bertz CT molecular complexity index is 730. The lowest BCUT2D eigenvalue weighted by Gasteiger charge is -2.27. The molecule has 5 nitrogen and oxygen atoms in total. The zero-order valence-corrected chi connectivity index (χ0v) is 17.0. The number of aryl methyl sites for hydroxylation is 1. The lowest BCUT2D eigenvalue weighted by atomic mass is 9.91. The number of fused-ring (bicyclic) bond motifs is 1. The SMILES string of the molecule is CS(=O)(=O)N1CCc2cc(CCCCC3CCNCC3)ccc2C1=O.Cl. The lowest BCUT2D eigenvalue weighted by molar-refractivity contribution is 0.0850. The second-order valence-corrected chi connectivity index (χ2v) is 9.23. The second-order valence-electron chi connectivity index (χ2n) is 7.32. The summed E-state index contributed by atoms with van der Waals surface area (Å²) < 4.78 is 24.3. The van der Waals surface area contributed by atoms with Crippen LogP contribution in [0.1, 0.15) is 53.6 Å². The van der Waals surface area contributed by atoms with Gasteiger partial charge in [0.25, 0.3) is 5.91 Å². The summed E-state index contributed by atoms with van der Waals surface area (Å²) in [6.07, 6.45) is 9.07. The normalized spacial score (nSPS) is 18.3. The van der Waals surface area contributed by atoms with E-state index in [4.69, 9.17) is 0 Å². The number of carbonyl (C=O) groups excluding carboxylic acids is 1. The summed E-state index contributed by atoms with van der Waals surface area (Å²) in [5.41, 5.74) is 2.78. The van der Waals surface area contributed by atoms with E-state index in [1.807, 2.05) is 6.07 Å². The van der Waals surface area contributed by atoms with Crippen LogP contribution < -0.4 is 5.32 Å². The number of carbonyl (C=O) groups is 1. The molecule has 1 fully saturated rings. The minimum Gasteiger partial charge on any atom is -0.317 e. The van der Waals surface area contributed by atoms with Crippen LogP contribution in [0.5, 0.6) is 0 Å². The number of unbranched alkanes of at least 4 members (excludes halogenated alkanes) is 1. The molecule has 1 saturated heterocycles. The summed E-state index contributed by atoms with van der Waals surface area (Å²) in [7, 11) is -3.48. The van der Waals surface area contributed by atoms with E-state index < -0.39 is 10.0 Å². The molecule has 0 saturated carbocycles. The fourth-order valence-electron chi connectivity index (χ4n) is 3.92. The third-order valence-electron chi connectivity index (χ3n) is 5.40. The molecule has 0 radical (unpaired) electrons. The van der Waals surface area contributed by atoms with E-state index >= 15 is 0 Å². The first-order chi connectivity index (χ1) is 11.9. The van der Waals surface area contributed by atoms with Crippen molar-refractivity contribution in [3.05, 3.63) is 34.9 Å². The zero-order chi connectivity index (χ0) is 17.9. The average molecular weight is 401 g/mol. The maximum absolute atomic E-state index is 12.4. The Morgan fingerprint density at radius 1 is 1.19 bits per heavy atom. The Morgan fingerprint density at radius 3 is 2.62 bits per heavy atom. The first-order valence-corrected chi connectivity index (χ1v) is 11.1.